The third-order valence-electron chi connectivity index (χ3n) is 4.44. The summed E-state index contributed by atoms with van der Waals surface area (Å²) in [6.07, 6.45) is 0.984. The van der Waals surface area contributed by atoms with Gasteiger partial charge in [0, 0.05) is 30.8 Å². The Kier molecular flexibility index (Phi) is 5.52. The van der Waals surface area contributed by atoms with Crippen LogP contribution in [0.3, 0.4) is 0 Å². The fourth-order valence-electron chi connectivity index (χ4n) is 2.97. The molecule has 2 amide bonds. The molecule has 0 bridgehead atoms. The molecular weight excluding hydrogens is 362 g/mol. The van der Waals surface area contributed by atoms with E-state index in [0.717, 1.165) is 12.1 Å². The van der Waals surface area contributed by atoms with Crippen molar-refractivity contribution < 1.29 is 18.4 Å². The van der Waals surface area contributed by atoms with Gasteiger partial charge in [0.15, 0.2) is 11.6 Å². The van der Waals surface area contributed by atoms with Crippen LogP contribution >= 0.6 is 11.6 Å². The van der Waals surface area contributed by atoms with Gasteiger partial charge in [-0.3, -0.25) is 9.59 Å². The first-order valence-electron chi connectivity index (χ1n) is 8.25. The van der Waals surface area contributed by atoms with Gasteiger partial charge in [0.25, 0.3) is 5.91 Å². The largest absolute Gasteiger partial charge is 0.339 e. The van der Waals surface area contributed by atoms with Crippen molar-refractivity contribution in [3.63, 3.8) is 0 Å². The smallest absolute Gasteiger partial charge is 0.255 e. The summed E-state index contributed by atoms with van der Waals surface area (Å²) < 4.78 is 26.2. The topological polar surface area (TPSA) is 49.4 Å². The number of hydrogen-bond acceptors (Lipinski definition) is 2. The monoisotopic (exact) mass is 378 g/mol. The molecule has 3 rings (SSSR count). The molecule has 1 saturated heterocycles. The second-order valence-corrected chi connectivity index (χ2v) is 6.57. The molecule has 2 aromatic carbocycles. The number of anilines is 1. The first kappa shape index (κ1) is 18.3. The van der Waals surface area contributed by atoms with Crippen molar-refractivity contribution >= 4 is 29.1 Å². The van der Waals surface area contributed by atoms with Crippen molar-refractivity contribution in [3.8, 4) is 0 Å². The molecule has 0 radical (unpaired) electrons. The molecule has 1 aliphatic heterocycles. The summed E-state index contributed by atoms with van der Waals surface area (Å²) in [5.41, 5.74) is 0.655. The lowest BCUT2D eigenvalue weighted by atomic mass is 9.95. The summed E-state index contributed by atoms with van der Waals surface area (Å²) in [4.78, 5) is 26.5. The zero-order chi connectivity index (χ0) is 18.7. The molecule has 1 heterocycles. The number of halogens is 3. The highest BCUT2D eigenvalue weighted by molar-refractivity contribution is 6.33. The number of likely N-dealkylation sites (tertiary alicyclic amines) is 1. The Hall–Kier alpha value is -2.47. The van der Waals surface area contributed by atoms with Gasteiger partial charge in [0.05, 0.1) is 10.6 Å². The number of nitrogens with zero attached hydrogens (tertiary/aromatic N) is 1. The van der Waals surface area contributed by atoms with Crippen molar-refractivity contribution in [1.82, 2.24) is 4.90 Å². The molecule has 0 aliphatic carbocycles. The molecule has 1 aliphatic rings. The average Bonchev–Trinajstić information content (AvgIpc) is 2.65. The normalized spacial score (nSPS) is 15.0. The van der Waals surface area contributed by atoms with Crippen LogP contribution in [-0.2, 0) is 4.79 Å². The fourth-order valence-corrected chi connectivity index (χ4v) is 3.18. The molecule has 2 aromatic rings. The highest BCUT2D eigenvalue weighted by atomic mass is 35.5. The molecule has 0 unspecified atom stereocenters. The maximum absolute atomic E-state index is 13.2. The van der Waals surface area contributed by atoms with Gasteiger partial charge in [-0.2, -0.15) is 0 Å². The standard InChI is InChI=1S/C19H17ClF2N2O2/c20-15-4-2-1-3-14(15)19(26)24-9-7-12(8-10-24)18(25)23-13-5-6-16(21)17(22)11-13/h1-6,11-12H,7-10H2,(H,23,25). The van der Waals surface area contributed by atoms with E-state index in [1.165, 1.54) is 6.07 Å². The minimum Gasteiger partial charge on any atom is -0.339 e. The van der Waals surface area contributed by atoms with Gasteiger partial charge in [-0.05, 0) is 37.1 Å². The number of amides is 2. The maximum atomic E-state index is 13.2. The van der Waals surface area contributed by atoms with E-state index < -0.39 is 11.6 Å². The second kappa shape index (κ2) is 7.83. The maximum Gasteiger partial charge on any atom is 0.255 e. The number of hydrogen-bond donors (Lipinski definition) is 1. The van der Waals surface area contributed by atoms with Crippen molar-refractivity contribution in [3.05, 3.63) is 64.7 Å². The first-order valence-corrected chi connectivity index (χ1v) is 8.63. The minimum absolute atomic E-state index is 0.157. The number of nitrogens with one attached hydrogen (secondary N) is 1. The summed E-state index contributed by atoms with van der Waals surface area (Å²) in [5.74, 6) is -2.69. The highest BCUT2D eigenvalue weighted by Crippen LogP contribution is 2.24. The minimum atomic E-state index is -1.01. The van der Waals surface area contributed by atoms with Crippen LogP contribution in [0.15, 0.2) is 42.5 Å². The van der Waals surface area contributed by atoms with Gasteiger partial charge in [0.2, 0.25) is 5.91 Å². The molecule has 1 fully saturated rings. The third kappa shape index (κ3) is 4.02. The molecule has 1 N–H and O–H groups in total. The van der Waals surface area contributed by atoms with E-state index in [4.69, 9.17) is 11.6 Å². The predicted molar refractivity (Wildman–Crippen MR) is 95.1 cm³/mol. The van der Waals surface area contributed by atoms with Gasteiger partial charge in [-0.15, -0.1) is 0 Å². The Bertz CT molecular complexity index is 836. The number of rotatable bonds is 3. The van der Waals surface area contributed by atoms with Gasteiger partial charge >= 0.3 is 0 Å². The van der Waals surface area contributed by atoms with E-state index >= 15 is 0 Å². The van der Waals surface area contributed by atoms with E-state index in [9.17, 15) is 18.4 Å². The summed E-state index contributed by atoms with van der Waals surface area (Å²) in [6.45, 7) is 0.861. The first-order chi connectivity index (χ1) is 12.5. The Morgan fingerprint density at radius 2 is 1.73 bits per heavy atom. The lowest BCUT2D eigenvalue weighted by Crippen LogP contribution is -2.41. The van der Waals surface area contributed by atoms with Crippen molar-refractivity contribution in [2.24, 2.45) is 5.92 Å². The van der Waals surface area contributed by atoms with Gasteiger partial charge < -0.3 is 10.2 Å². The van der Waals surface area contributed by atoms with Crippen LogP contribution in [-0.4, -0.2) is 29.8 Å². The highest BCUT2D eigenvalue weighted by Gasteiger charge is 2.28. The predicted octanol–water partition coefficient (Wildman–Crippen LogP) is 4.11. The molecule has 7 heteroatoms. The van der Waals surface area contributed by atoms with Crippen LogP contribution in [0.5, 0.6) is 0 Å². The van der Waals surface area contributed by atoms with Crippen LogP contribution < -0.4 is 5.32 Å². The lowest BCUT2D eigenvalue weighted by molar-refractivity contribution is -0.121. The molecule has 0 aromatic heterocycles. The quantitative estimate of drug-likeness (QED) is 0.873. The number of benzene rings is 2. The summed E-state index contributed by atoms with van der Waals surface area (Å²) in [7, 11) is 0. The number of piperidine rings is 1. The number of carbonyl (C=O) groups excluding carboxylic acids is 2. The van der Waals surface area contributed by atoms with Crippen LogP contribution in [0.1, 0.15) is 23.2 Å². The van der Waals surface area contributed by atoms with E-state index in [1.807, 2.05) is 0 Å². The van der Waals surface area contributed by atoms with Gasteiger partial charge in [-0.1, -0.05) is 23.7 Å². The molecule has 0 spiro atoms. The Morgan fingerprint density at radius 3 is 2.38 bits per heavy atom. The molecular formula is C19H17ClF2N2O2. The van der Waals surface area contributed by atoms with Crippen LogP contribution in [0, 0.1) is 17.6 Å². The molecule has 136 valence electrons. The van der Waals surface area contributed by atoms with Gasteiger partial charge in [-0.25, -0.2) is 8.78 Å². The molecule has 4 nitrogen and oxygen atoms in total. The van der Waals surface area contributed by atoms with Crippen molar-refractivity contribution in [2.75, 3.05) is 18.4 Å². The van der Waals surface area contributed by atoms with E-state index in [-0.39, 0.29) is 23.4 Å². The lowest BCUT2D eigenvalue weighted by Gasteiger charge is -2.31. The van der Waals surface area contributed by atoms with E-state index in [1.54, 1.807) is 29.2 Å². The Balaban J connectivity index is 1.57. The van der Waals surface area contributed by atoms with Crippen molar-refractivity contribution in [2.45, 2.75) is 12.8 Å². The van der Waals surface area contributed by atoms with Crippen molar-refractivity contribution in [1.29, 1.82) is 0 Å². The average molecular weight is 379 g/mol. The fraction of sp³-hybridized carbons (Fsp3) is 0.263. The summed E-state index contributed by atoms with van der Waals surface area (Å²) >= 11 is 6.06. The second-order valence-electron chi connectivity index (χ2n) is 6.16. The SMILES string of the molecule is O=C(Nc1ccc(F)c(F)c1)C1CCN(C(=O)c2ccccc2Cl)CC1. The van der Waals surface area contributed by atoms with E-state index in [2.05, 4.69) is 5.32 Å². The number of carbonyl (C=O) groups is 2. The van der Waals surface area contributed by atoms with Crippen LogP contribution in [0.2, 0.25) is 5.02 Å². The Morgan fingerprint density at radius 1 is 1.04 bits per heavy atom. The molecule has 0 atom stereocenters. The van der Waals surface area contributed by atoms with Crippen LogP contribution in [0.4, 0.5) is 14.5 Å². The third-order valence-corrected chi connectivity index (χ3v) is 4.77. The van der Waals surface area contributed by atoms with Gasteiger partial charge in [0.1, 0.15) is 0 Å². The van der Waals surface area contributed by atoms with E-state index in [0.29, 0.717) is 36.5 Å². The Labute approximate surface area is 154 Å². The zero-order valence-electron chi connectivity index (χ0n) is 13.8. The summed E-state index contributed by atoms with van der Waals surface area (Å²) in [5, 5.41) is 2.99. The molecule has 26 heavy (non-hydrogen) atoms. The molecule has 0 saturated carbocycles. The van der Waals surface area contributed by atoms with Crippen LogP contribution in [0.25, 0.3) is 0 Å². The summed E-state index contributed by atoms with van der Waals surface area (Å²) in [6, 6.07) is 10.1. The zero-order valence-corrected chi connectivity index (χ0v) is 14.6.